The molecule has 1 heterocycles. The minimum Gasteiger partial charge on any atom is -0.343 e. The van der Waals surface area contributed by atoms with Gasteiger partial charge >= 0.3 is 6.18 Å². The Morgan fingerprint density at radius 1 is 1.08 bits per heavy atom. The third-order valence-electron chi connectivity index (χ3n) is 2.98. The van der Waals surface area contributed by atoms with Crippen LogP contribution in [0.25, 0.3) is 0 Å². The first kappa shape index (κ1) is 17.3. The second-order valence-corrected chi connectivity index (χ2v) is 4.72. The van der Waals surface area contributed by atoms with Gasteiger partial charge in [0.2, 0.25) is 5.91 Å². The lowest BCUT2D eigenvalue weighted by molar-refractivity contribution is -0.137. The molecule has 0 spiro atoms. The lowest BCUT2D eigenvalue weighted by Gasteiger charge is -2.08. The SMILES string of the molecule is O=C(CNC(=O)c1ccc(C(F)(F)F)cc1)Nc1ccc[nH]c1=O. The summed E-state index contributed by atoms with van der Waals surface area (Å²) in [7, 11) is 0. The summed E-state index contributed by atoms with van der Waals surface area (Å²) in [6.45, 7) is -0.436. The van der Waals surface area contributed by atoms with Crippen molar-refractivity contribution in [2.24, 2.45) is 0 Å². The number of aromatic nitrogens is 1. The second kappa shape index (κ2) is 6.99. The van der Waals surface area contributed by atoms with E-state index in [2.05, 4.69) is 15.6 Å². The number of carbonyl (C=O) groups excluding carboxylic acids is 2. The van der Waals surface area contributed by atoms with Crippen LogP contribution in [0, 0.1) is 0 Å². The van der Waals surface area contributed by atoms with Crippen LogP contribution in [0.2, 0.25) is 0 Å². The van der Waals surface area contributed by atoms with Crippen LogP contribution < -0.4 is 16.2 Å². The third-order valence-corrected chi connectivity index (χ3v) is 2.98. The average molecular weight is 339 g/mol. The summed E-state index contributed by atoms with van der Waals surface area (Å²) in [5.74, 6) is -1.35. The molecule has 9 heteroatoms. The molecule has 0 unspecified atom stereocenters. The number of anilines is 1. The minimum atomic E-state index is -4.49. The summed E-state index contributed by atoms with van der Waals surface area (Å²) < 4.78 is 37.3. The Bertz CT molecular complexity index is 798. The predicted molar refractivity (Wildman–Crippen MR) is 79.5 cm³/mol. The van der Waals surface area contributed by atoms with Crippen LogP contribution in [0.1, 0.15) is 15.9 Å². The molecule has 0 saturated heterocycles. The number of H-pyrrole nitrogens is 1. The second-order valence-electron chi connectivity index (χ2n) is 4.72. The van der Waals surface area contributed by atoms with Crippen LogP contribution >= 0.6 is 0 Å². The zero-order chi connectivity index (χ0) is 17.7. The topological polar surface area (TPSA) is 91.1 Å². The molecule has 126 valence electrons. The van der Waals surface area contributed by atoms with Gasteiger partial charge < -0.3 is 15.6 Å². The Labute approximate surface area is 133 Å². The van der Waals surface area contributed by atoms with Crippen molar-refractivity contribution in [2.45, 2.75) is 6.18 Å². The van der Waals surface area contributed by atoms with Crippen molar-refractivity contribution in [3.05, 3.63) is 64.1 Å². The van der Waals surface area contributed by atoms with Crippen LogP contribution in [-0.4, -0.2) is 23.3 Å². The highest BCUT2D eigenvalue weighted by Gasteiger charge is 2.30. The van der Waals surface area contributed by atoms with E-state index in [1.165, 1.54) is 18.3 Å². The molecule has 0 bridgehead atoms. The van der Waals surface area contributed by atoms with Gasteiger partial charge in [0.25, 0.3) is 11.5 Å². The Morgan fingerprint density at radius 2 is 1.75 bits per heavy atom. The maximum absolute atomic E-state index is 12.4. The van der Waals surface area contributed by atoms with Gasteiger partial charge in [-0.25, -0.2) is 0 Å². The smallest absolute Gasteiger partial charge is 0.343 e. The van der Waals surface area contributed by atoms with Crippen LogP contribution in [0.4, 0.5) is 18.9 Å². The first-order chi connectivity index (χ1) is 11.3. The molecule has 24 heavy (non-hydrogen) atoms. The molecule has 0 saturated carbocycles. The van der Waals surface area contributed by atoms with Crippen molar-refractivity contribution >= 4 is 17.5 Å². The van der Waals surface area contributed by atoms with Gasteiger partial charge in [0, 0.05) is 11.8 Å². The molecule has 1 aromatic heterocycles. The number of benzene rings is 1. The maximum Gasteiger partial charge on any atom is 0.416 e. The van der Waals surface area contributed by atoms with Crippen LogP contribution in [0.5, 0.6) is 0 Å². The minimum absolute atomic E-state index is 0.0197. The van der Waals surface area contributed by atoms with E-state index in [0.717, 1.165) is 24.3 Å². The number of rotatable bonds is 4. The van der Waals surface area contributed by atoms with Crippen LogP contribution in [0.15, 0.2) is 47.4 Å². The van der Waals surface area contributed by atoms with Crippen molar-refractivity contribution in [1.29, 1.82) is 0 Å². The summed E-state index contributed by atoms with van der Waals surface area (Å²) in [6, 6.07) is 6.47. The highest BCUT2D eigenvalue weighted by atomic mass is 19.4. The molecule has 2 aromatic rings. The quantitative estimate of drug-likeness (QED) is 0.793. The molecule has 2 amide bonds. The highest BCUT2D eigenvalue weighted by molar-refractivity contribution is 5.99. The highest BCUT2D eigenvalue weighted by Crippen LogP contribution is 2.28. The van der Waals surface area contributed by atoms with E-state index in [1.807, 2.05) is 0 Å². The first-order valence-corrected chi connectivity index (χ1v) is 6.70. The summed E-state index contributed by atoms with van der Waals surface area (Å²) in [4.78, 5) is 37.2. The van der Waals surface area contributed by atoms with E-state index < -0.39 is 35.7 Å². The molecule has 0 aliphatic carbocycles. The fourth-order valence-electron chi connectivity index (χ4n) is 1.79. The van der Waals surface area contributed by atoms with Crippen molar-refractivity contribution in [2.75, 3.05) is 11.9 Å². The van der Waals surface area contributed by atoms with Gasteiger partial charge in [0.1, 0.15) is 5.69 Å². The lowest BCUT2D eigenvalue weighted by Crippen LogP contribution is -2.34. The summed E-state index contributed by atoms with van der Waals surface area (Å²) in [5, 5.41) is 4.55. The number of halogens is 3. The Kier molecular flexibility index (Phi) is 5.02. The monoisotopic (exact) mass is 339 g/mol. The van der Waals surface area contributed by atoms with Gasteiger partial charge in [-0.15, -0.1) is 0 Å². The summed E-state index contributed by atoms with van der Waals surface area (Å²) in [5.41, 5.74) is -1.38. The maximum atomic E-state index is 12.4. The zero-order valence-corrected chi connectivity index (χ0v) is 12.1. The van der Waals surface area contributed by atoms with E-state index >= 15 is 0 Å². The van der Waals surface area contributed by atoms with Crippen molar-refractivity contribution in [3.63, 3.8) is 0 Å². The van der Waals surface area contributed by atoms with Crippen molar-refractivity contribution in [1.82, 2.24) is 10.3 Å². The summed E-state index contributed by atoms with van der Waals surface area (Å²) >= 11 is 0. The van der Waals surface area contributed by atoms with Crippen molar-refractivity contribution < 1.29 is 22.8 Å². The predicted octanol–water partition coefficient (Wildman–Crippen LogP) is 1.76. The van der Waals surface area contributed by atoms with E-state index in [1.54, 1.807) is 0 Å². The Hall–Kier alpha value is -3.10. The number of nitrogens with one attached hydrogen (secondary N) is 3. The number of alkyl halides is 3. The molecule has 1 aromatic carbocycles. The lowest BCUT2D eigenvalue weighted by atomic mass is 10.1. The number of aromatic amines is 1. The van der Waals surface area contributed by atoms with Crippen molar-refractivity contribution in [3.8, 4) is 0 Å². The van der Waals surface area contributed by atoms with Gasteiger partial charge in [-0.2, -0.15) is 13.2 Å². The van der Waals surface area contributed by atoms with Gasteiger partial charge in [-0.3, -0.25) is 14.4 Å². The molecular formula is C15H12F3N3O3. The number of pyridine rings is 1. The summed E-state index contributed by atoms with van der Waals surface area (Å²) in [6.07, 6.45) is -3.10. The zero-order valence-electron chi connectivity index (χ0n) is 12.1. The average Bonchev–Trinajstić information content (AvgIpc) is 2.54. The molecule has 0 fully saturated rings. The van der Waals surface area contributed by atoms with Gasteiger partial charge in [0.15, 0.2) is 0 Å². The van der Waals surface area contributed by atoms with Crippen LogP contribution in [0.3, 0.4) is 0 Å². The molecule has 3 N–H and O–H groups in total. The Balaban J connectivity index is 1.92. The molecule has 0 aliphatic heterocycles. The third kappa shape index (κ3) is 4.45. The van der Waals surface area contributed by atoms with E-state index in [9.17, 15) is 27.6 Å². The van der Waals surface area contributed by atoms with Crippen LogP contribution in [-0.2, 0) is 11.0 Å². The van der Waals surface area contributed by atoms with E-state index in [-0.39, 0.29) is 11.3 Å². The largest absolute Gasteiger partial charge is 0.416 e. The molecule has 0 atom stereocenters. The van der Waals surface area contributed by atoms with Gasteiger partial charge in [0.05, 0.1) is 12.1 Å². The molecule has 6 nitrogen and oxygen atoms in total. The fraction of sp³-hybridized carbons (Fsp3) is 0.133. The number of hydrogen-bond donors (Lipinski definition) is 3. The molecule has 0 aliphatic rings. The first-order valence-electron chi connectivity index (χ1n) is 6.70. The number of hydrogen-bond acceptors (Lipinski definition) is 3. The van der Waals surface area contributed by atoms with E-state index in [4.69, 9.17) is 0 Å². The Morgan fingerprint density at radius 3 is 2.33 bits per heavy atom. The molecule has 0 radical (unpaired) electrons. The fourth-order valence-corrected chi connectivity index (χ4v) is 1.79. The van der Waals surface area contributed by atoms with E-state index in [0.29, 0.717) is 0 Å². The number of amides is 2. The van der Waals surface area contributed by atoms with Gasteiger partial charge in [-0.05, 0) is 36.4 Å². The van der Waals surface area contributed by atoms with Gasteiger partial charge in [-0.1, -0.05) is 0 Å². The number of carbonyl (C=O) groups is 2. The molecular weight excluding hydrogens is 327 g/mol. The molecule has 2 rings (SSSR count). The standard InChI is InChI=1S/C15H12F3N3O3/c16-15(17,18)10-5-3-9(4-6-10)13(23)20-8-12(22)21-11-2-1-7-19-14(11)24/h1-7H,8H2,(H,19,24)(H,20,23)(H,21,22). The normalized spacial score (nSPS) is 11.0.